The predicted octanol–water partition coefficient (Wildman–Crippen LogP) is 5.27. The van der Waals surface area contributed by atoms with Crippen LogP contribution >= 0.6 is 0 Å². The lowest BCUT2D eigenvalue weighted by atomic mass is 9.83. The van der Waals surface area contributed by atoms with Crippen molar-refractivity contribution < 1.29 is 9.22 Å². The number of carbonyl (C=O) groups excluding carboxylic acids is 1. The van der Waals surface area contributed by atoms with E-state index in [-0.39, 0.29) is 22.3 Å². The number of ketones is 1. The Labute approximate surface area is 131 Å². The van der Waals surface area contributed by atoms with E-state index in [1.54, 1.807) is 13.0 Å². The Morgan fingerprint density at radius 3 is 2.29 bits per heavy atom. The summed E-state index contributed by atoms with van der Waals surface area (Å²) in [5.41, 5.74) is 2.58. The zero-order valence-electron chi connectivity index (χ0n) is 15.3. The molecule has 0 aromatic carbocycles. The second kappa shape index (κ2) is 5.84. The molecule has 1 unspecified atom stereocenters. The monoisotopic (exact) mass is 308 g/mol. The Kier molecular flexibility index (Phi) is 5.11. The van der Waals surface area contributed by atoms with Crippen LogP contribution in [0.2, 0.25) is 18.1 Å². The lowest BCUT2D eigenvalue weighted by Gasteiger charge is -2.42. The van der Waals surface area contributed by atoms with E-state index in [4.69, 9.17) is 4.43 Å². The standard InChI is InChI=1S/C18H32O2Si/c1-13-12-16(20-21(8,9)17(3,4)5)18(6,7)15(13)11-10-14(2)19/h10-11,16H,12H2,1-9H3/b11-10+. The lowest BCUT2D eigenvalue weighted by molar-refractivity contribution is -0.112. The highest BCUT2D eigenvalue weighted by atomic mass is 28.4. The molecule has 1 aliphatic carbocycles. The van der Waals surface area contributed by atoms with Gasteiger partial charge in [0.05, 0.1) is 6.10 Å². The molecule has 0 spiro atoms. The third kappa shape index (κ3) is 3.95. The molecule has 0 aromatic rings. The van der Waals surface area contributed by atoms with Gasteiger partial charge in [-0.15, -0.1) is 0 Å². The van der Waals surface area contributed by atoms with E-state index in [0.29, 0.717) is 0 Å². The number of hydrogen-bond acceptors (Lipinski definition) is 2. The summed E-state index contributed by atoms with van der Waals surface area (Å²) < 4.78 is 6.66. The van der Waals surface area contributed by atoms with Crippen molar-refractivity contribution in [2.24, 2.45) is 5.41 Å². The van der Waals surface area contributed by atoms with Crippen molar-refractivity contribution in [3.8, 4) is 0 Å². The first-order valence-electron chi connectivity index (χ1n) is 7.86. The summed E-state index contributed by atoms with van der Waals surface area (Å²) in [6, 6.07) is 0. The molecule has 1 atom stereocenters. The molecule has 0 saturated heterocycles. The Morgan fingerprint density at radius 1 is 1.33 bits per heavy atom. The Balaban J connectivity index is 3.00. The van der Waals surface area contributed by atoms with Crippen LogP contribution in [0.25, 0.3) is 0 Å². The maximum absolute atomic E-state index is 11.2. The van der Waals surface area contributed by atoms with Gasteiger partial charge in [0.15, 0.2) is 14.1 Å². The Hall–Kier alpha value is -0.673. The molecule has 120 valence electrons. The van der Waals surface area contributed by atoms with Crippen molar-refractivity contribution in [1.29, 1.82) is 0 Å². The highest BCUT2D eigenvalue weighted by Gasteiger charge is 2.46. The first-order chi connectivity index (χ1) is 9.29. The van der Waals surface area contributed by atoms with Crippen LogP contribution in [0, 0.1) is 5.41 Å². The molecule has 1 aliphatic rings. The molecule has 0 radical (unpaired) electrons. The van der Waals surface area contributed by atoms with Crippen molar-refractivity contribution in [1.82, 2.24) is 0 Å². The summed E-state index contributed by atoms with van der Waals surface area (Å²) in [6.45, 7) is 19.7. The van der Waals surface area contributed by atoms with Gasteiger partial charge in [-0.05, 0) is 50.0 Å². The summed E-state index contributed by atoms with van der Waals surface area (Å²) in [6.07, 6.45) is 4.85. The van der Waals surface area contributed by atoms with E-state index >= 15 is 0 Å². The van der Waals surface area contributed by atoms with Crippen LogP contribution in [0.5, 0.6) is 0 Å². The Morgan fingerprint density at radius 2 is 1.86 bits per heavy atom. The molecule has 2 nitrogen and oxygen atoms in total. The van der Waals surface area contributed by atoms with E-state index < -0.39 is 8.32 Å². The molecule has 0 aromatic heterocycles. The van der Waals surface area contributed by atoms with Gasteiger partial charge in [0, 0.05) is 5.41 Å². The lowest BCUT2D eigenvalue weighted by Crippen LogP contribution is -2.46. The molecule has 1 rings (SSSR count). The minimum absolute atomic E-state index is 0.0362. The molecule has 0 amide bonds. The summed E-state index contributed by atoms with van der Waals surface area (Å²) in [7, 11) is -1.78. The van der Waals surface area contributed by atoms with E-state index in [1.807, 2.05) is 6.08 Å². The molecule has 0 heterocycles. The Bertz CT molecular complexity index is 476. The van der Waals surface area contributed by atoms with E-state index in [0.717, 1.165) is 6.42 Å². The van der Waals surface area contributed by atoms with E-state index in [9.17, 15) is 4.79 Å². The molecule has 0 bridgehead atoms. The van der Waals surface area contributed by atoms with Gasteiger partial charge in [-0.2, -0.15) is 0 Å². The van der Waals surface area contributed by atoms with Crippen molar-refractivity contribution in [2.75, 3.05) is 0 Å². The first-order valence-corrected chi connectivity index (χ1v) is 10.8. The van der Waals surface area contributed by atoms with Crippen LogP contribution in [0.15, 0.2) is 23.3 Å². The van der Waals surface area contributed by atoms with Gasteiger partial charge in [0.1, 0.15) is 0 Å². The largest absolute Gasteiger partial charge is 0.413 e. The number of carbonyl (C=O) groups is 1. The zero-order valence-corrected chi connectivity index (χ0v) is 16.3. The summed E-state index contributed by atoms with van der Waals surface area (Å²) in [5, 5.41) is 0.217. The number of allylic oxidation sites excluding steroid dienone is 2. The number of rotatable bonds is 4. The molecule has 21 heavy (non-hydrogen) atoms. The topological polar surface area (TPSA) is 26.3 Å². The van der Waals surface area contributed by atoms with Crippen molar-refractivity contribution in [3.05, 3.63) is 23.3 Å². The van der Waals surface area contributed by atoms with E-state index in [2.05, 4.69) is 54.6 Å². The van der Waals surface area contributed by atoms with Crippen LogP contribution in [0.4, 0.5) is 0 Å². The fourth-order valence-corrected chi connectivity index (χ4v) is 4.09. The quantitative estimate of drug-likeness (QED) is 0.522. The van der Waals surface area contributed by atoms with Crippen LogP contribution in [0.1, 0.15) is 54.9 Å². The van der Waals surface area contributed by atoms with Crippen LogP contribution < -0.4 is 0 Å². The fourth-order valence-electron chi connectivity index (χ4n) is 2.65. The normalized spacial score (nSPS) is 23.2. The third-order valence-corrected chi connectivity index (χ3v) is 9.66. The van der Waals surface area contributed by atoms with Gasteiger partial charge in [0.2, 0.25) is 0 Å². The summed E-state index contributed by atoms with van der Waals surface area (Å²) in [4.78, 5) is 11.2. The average molecular weight is 309 g/mol. The molecule has 3 heteroatoms. The minimum atomic E-state index is -1.78. The fraction of sp³-hybridized carbons (Fsp3) is 0.722. The molecule has 0 aliphatic heterocycles. The smallest absolute Gasteiger partial charge is 0.192 e. The maximum Gasteiger partial charge on any atom is 0.192 e. The van der Waals surface area contributed by atoms with Crippen LogP contribution in [-0.4, -0.2) is 20.2 Å². The zero-order chi connectivity index (χ0) is 16.6. The van der Waals surface area contributed by atoms with Gasteiger partial charge < -0.3 is 4.43 Å². The van der Waals surface area contributed by atoms with Gasteiger partial charge in [-0.1, -0.05) is 46.3 Å². The minimum Gasteiger partial charge on any atom is -0.413 e. The molecule has 0 saturated carbocycles. The molecule has 0 fully saturated rings. The second-order valence-corrected chi connectivity index (χ2v) is 13.2. The average Bonchev–Trinajstić information content (AvgIpc) is 2.44. The van der Waals surface area contributed by atoms with Crippen molar-refractivity contribution in [2.45, 2.75) is 79.1 Å². The highest BCUT2D eigenvalue weighted by molar-refractivity contribution is 6.74. The summed E-state index contributed by atoms with van der Waals surface area (Å²) >= 11 is 0. The van der Waals surface area contributed by atoms with Crippen molar-refractivity contribution in [3.63, 3.8) is 0 Å². The number of hydrogen-bond donors (Lipinski definition) is 0. The van der Waals surface area contributed by atoms with Crippen LogP contribution in [-0.2, 0) is 9.22 Å². The molecular formula is C18H32O2Si. The van der Waals surface area contributed by atoms with Gasteiger partial charge in [0.25, 0.3) is 0 Å². The van der Waals surface area contributed by atoms with Gasteiger partial charge in [-0.25, -0.2) is 0 Å². The van der Waals surface area contributed by atoms with E-state index in [1.165, 1.54) is 11.1 Å². The van der Waals surface area contributed by atoms with Gasteiger partial charge in [-0.3, -0.25) is 4.79 Å². The third-order valence-electron chi connectivity index (χ3n) is 5.18. The molecular weight excluding hydrogens is 276 g/mol. The first kappa shape index (κ1) is 18.4. The highest BCUT2D eigenvalue weighted by Crippen LogP contribution is 2.48. The molecule has 0 N–H and O–H groups in total. The van der Waals surface area contributed by atoms with Gasteiger partial charge >= 0.3 is 0 Å². The van der Waals surface area contributed by atoms with Crippen LogP contribution in [0.3, 0.4) is 0 Å². The maximum atomic E-state index is 11.2. The van der Waals surface area contributed by atoms with Crippen molar-refractivity contribution >= 4 is 14.1 Å². The summed E-state index contributed by atoms with van der Waals surface area (Å²) in [5.74, 6) is 0.0971. The predicted molar refractivity (Wildman–Crippen MR) is 93.0 cm³/mol. The second-order valence-electron chi connectivity index (χ2n) is 8.43. The SMILES string of the molecule is CC(=O)/C=C/C1=C(C)CC(O[Si](C)(C)C(C)(C)C)C1(C)C.